The average Bonchev–Trinajstić information content (AvgIpc) is 2.80. The van der Waals surface area contributed by atoms with Crippen molar-refractivity contribution in [2.75, 3.05) is 26.3 Å². The third kappa shape index (κ3) is 5.16. The largest absolute Gasteiger partial charge is 0.396 e. The Bertz CT molecular complexity index is 672. The van der Waals surface area contributed by atoms with Crippen molar-refractivity contribution in [2.24, 2.45) is 5.92 Å². The molecule has 1 aliphatic heterocycles. The molecule has 0 amide bonds. The molecule has 0 saturated carbocycles. The summed E-state index contributed by atoms with van der Waals surface area (Å²) in [6, 6.07) is 14.9. The van der Waals surface area contributed by atoms with Crippen LogP contribution in [0.4, 0.5) is 4.39 Å². The van der Waals surface area contributed by atoms with Crippen LogP contribution in [0.5, 0.6) is 0 Å². The smallest absolute Gasteiger partial charge is 0.142 e. The summed E-state index contributed by atoms with van der Waals surface area (Å²) >= 11 is 5.76. The zero-order valence-electron chi connectivity index (χ0n) is 13.8. The Morgan fingerprint density at radius 1 is 1.20 bits per heavy atom. The lowest BCUT2D eigenvalue weighted by molar-refractivity contribution is 0.0111. The molecule has 3 rings (SSSR count). The van der Waals surface area contributed by atoms with Crippen molar-refractivity contribution < 1.29 is 14.2 Å². The predicted molar refractivity (Wildman–Crippen MR) is 99.6 cm³/mol. The van der Waals surface area contributed by atoms with Crippen molar-refractivity contribution in [3.05, 3.63) is 70.5 Å². The van der Waals surface area contributed by atoms with Gasteiger partial charge in [0.25, 0.3) is 0 Å². The van der Waals surface area contributed by atoms with Gasteiger partial charge in [-0.2, -0.15) is 0 Å². The molecule has 0 bridgehead atoms. The summed E-state index contributed by atoms with van der Waals surface area (Å²) in [4.78, 5) is 2.27. The molecule has 1 saturated heterocycles. The number of hydrogen-bond donors (Lipinski definition) is 1. The number of nitrogens with zero attached hydrogens (tertiary/aromatic N) is 1. The highest BCUT2D eigenvalue weighted by atomic mass is 35.5. The van der Waals surface area contributed by atoms with Crippen LogP contribution in [0.2, 0.25) is 5.02 Å². The van der Waals surface area contributed by atoms with Gasteiger partial charge in [-0.1, -0.05) is 48.0 Å². The van der Waals surface area contributed by atoms with E-state index in [4.69, 9.17) is 16.3 Å². The summed E-state index contributed by atoms with van der Waals surface area (Å²) < 4.78 is 19.7. The molecule has 136 valence electrons. The van der Waals surface area contributed by atoms with E-state index < -0.39 is 5.82 Å². The Labute approximate surface area is 158 Å². The monoisotopic (exact) mass is 385 g/mol. The third-order valence-corrected chi connectivity index (χ3v) is 4.69. The first kappa shape index (κ1) is 20.1. The molecule has 0 aromatic heterocycles. The van der Waals surface area contributed by atoms with E-state index >= 15 is 0 Å². The van der Waals surface area contributed by atoms with Gasteiger partial charge in [-0.25, -0.2) is 4.39 Å². The minimum atomic E-state index is -0.458. The molecule has 3 nitrogen and oxygen atoms in total. The first-order valence-electron chi connectivity index (χ1n) is 8.11. The number of halogens is 3. The van der Waals surface area contributed by atoms with Crippen molar-refractivity contribution in [3.8, 4) is 0 Å². The molecular formula is C19H22Cl2FNO2. The lowest BCUT2D eigenvalue weighted by Crippen LogP contribution is -2.31. The maximum absolute atomic E-state index is 13.8. The summed E-state index contributed by atoms with van der Waals surface area (Å²) in [5, 5.41) is 9.92. The molecule has 1 N–H and O–H groups in total. The number of aliphatic hydroxyl groups is 1. The highest BCUT2D eigenvalue weighted by Gasteiger charge is 2.29. The van der Waals surface area contributed by atoms with E-state index in [0.29, 0.717) is 13.2 Å². The lowest BCUT2D eigenvalue weighted by Gasteiger charge is -2.26. The van der Waals surface area contributed by atoms with Crippen molar-refractivity contribution in [1.82, 2.24) is 4.90 Å². The number of hydrogen-bond acceptors (Lipinski definition) is 3. The fourth-order valence-electron chi connectivity index (χ4n) is 3.16. The van der Waals surface area contributed by atoms with Crippen molar-refractivity contribution >= 4 is 24.0 Å². The first-order valence-corrected chi connectivity index (χ1v) is 8.49. The SMILES string of the molecule is Cl.OC[C@@H]1CN(Cc2ccccc2)CCO[C@H]1c1ccc(Cl)c(F)c1. The van der Waals surface area contributed by atoms with Crippen molar-refractivity contribution in [1.29, 1.82) is 0 Å². The van der Waals surface area contributed by atoms with Crippen molar-refractivity contribution in [2.45, 2.75) is 12.6 Å². The fraction of sp³-hybridized carbons (Fsp3) is 0.368. The Kier molecular flexibility index (Phi) is 7.66. The molecule has 0 aliphatic carbocycles. The first-order chi connectivity index (χ1) is 11.7. The summed E-state index contributed by atoms with van der Waals surface area (Å²) in [6.07, 6.45) is -0.331. The number of aliphatic hydroxyl groups excluding tert-OH is 1. The Balaban J connectivity index is 0.00000225. The quantitative estimate of drug-likeness (QED) is 0.860. The van der Waals surface area contributed by atoms with Gasteiger partial charge in [0, 0.05) is 32.2 Å². The molecule has 1 aliphatic rings. The number of ether oxygens (including phenoxy) is 1. The van der Waals surface area contributed by atoms with Crippen LogP contribution in [-0.2, 0) is 11.3 Å². The number of benzene rings is 2. The van der Waals surface area contributed by atoms with Gasteiger partial charge in [-0.05, 0) is 23.3 Å². The van der Waals surface area contributed by atoms with Gasteiger partial charge in [0.15, 0.2) is 0 Å². The molecule has 1 heterocycles. The highest BCUT2D eigenvalue weighted by Crippen LogP contribution is 2.31. The topological polar surface area (TPSA) is 32.7 Å². The van der Waals surface area contributed by atoms with Crippen molar-refractivity contribution in [3.63, 3.8) is 0 Å². The van der Waals surface area contributed by atoms with Gasteiger partial charge in [0.1, 0.15) is 5.82 Å². The summed E-state index contributed by atoms with van der Waals surface area (Å²) in [6.45, 7) is 2.80. The molecule has 25 heavy (non-hydrogen) atoms. The highest BCUT2D eigenvalue weighted by molar-refractivity contribution is 6.30. The molecular weight excluding hydrogens is 364 g/mol. The molecule has 0 radical (unpaired) electrons. The third-order valence-electron chi connectivity index (χ3n) is 4.38. The van der Waals surface area contributed by atoms with Gasteiger partial charge in [0.2, 0.25) is 0 Å². The van der Waals surface area contributed by atoms with Crippen LogP contribution in [-0.4, -0.2) is 36.3 Å². The van der Waals surface area contributed by atoms with E-state index in [-0.39, 0.29) is 36.1 Å². The lowest BCUT2D eigenvalue weighted by atomic mass is 9.95. The zero-order chi connectivity index (χ0) is 16.9. The van der Waals surface area contributed by atoms with Crippen LogP contribution in [0.3, 0.4) is 0 Å². The Morgan fingerprint density at radius 3 is 2.64 bits per heavy atom. The molecule has 0 unspecified atom stereocenters. The van der Waals surface area contributed by atoms with Gasteiger partial charge in [-0.3, -0.25) is 4.90 Å². The summed E-state index contributed by atoms with van der Waals surface area (Å²) in [5.74, 6) is -0.573. The summed E-state index contributed by atoms with van der Waals surface area (Å²) in [5.41, 5.74) is 1.95. The summed E-state index contributed by atoms with van der Waals surface area (Å²) in [7, 11) is 0. The normalized spacial score (nSPS) is 21.4. The average molecular weight is 386 g/mol. The van der Waals surface area contributed by atoms with Gasteiger partial charge in [0.05, 0.1) is 17.7 Å². The van der Waals surface area contributed by atoms with E-state index in [1.165, 1.54) is 17.7 Å². The van der Waals surface area contributed by atoms with E-state index in [9.17, 15) is 9.50 Å². The number of rotatable bonds is 4. The van der Waals surface area contributed by atoms with Crippen LogP contribution < -0.4 is 0 Å². The van der Waals surface area contributed by atoms with E-state index in [1.807, 2.05) is 18.2 Å². The van der Waals surface area contributed by atoms with E-state index in [0.717, 1.165) is 18.7 Å². The van der Waals surface area contributed by atoms with Gasteiger partial charge in [-0.15, -0.1) is 12.4 Å². The molecule has 6 heteroatoms. The van der Waals surface area contributed by atoms with Crippen LogP contribution in [0.15, 0.2) is 48.5 Å². The fourth-order valence-corrected chi connectivity index (χ4v) is 3.28. The second-order valence-electron chi connectivity index (χ2n) is 6.13. The minimum absolute atomic E-state index is 0. The molecule has 2 atom stereocenters. The van der Waals surface area contributed by atoms with Gasteiger partial charge >= 0.3 is 0 Å². The van der Waals surface area contributed by atoms with Crippen LogP contribution >= 0.6 is 24.0 Å². The Hall–Kier alpha value is -1.17. The van der Waals surface area contributed by atoms with Crippen LogP contribution in [0.25, 0.3) is 0 Å². The van der Waals surface area contributed by atoms with Crippen LogP contribution in [0.1, 0.15) is 17.2 Å². The predicted octanol–water partition coefficient (Wildman–Crippen LogP) is 4.08. The second-order valence-corrected chi connectivity index (χ2v) is 6.54. The zero-order valence-corrected chi connectivity index (χ0v) is 15.3. The maximum Gasteiger partial charge on any atom is 0.142 e. The molecule has 0 spiro atoms. The van der Waals surface area contributed by atoms with Gasteiger partial charge < -0.3 is 9.84 Å². The van der Waals surface area contributed by atoms with E-state index in [1.54, 1.807) is 6.07 Å². The molecule has 2 aromatic rings. The van der Waals surface area contributed by atoms with E-state index in [2.05, 4.69) is 17.0 Å². The maximum atomic E-state index is 13.8. The van der Waals surface area contributed by atoms with Crippen LogP contribution in [0, 0.1) is 11.7 Å². The Morgan fingerprint density at radius 2 is 1.96 bits per heavy atom. The standard InChI is InChI=1S/C19H21ClFNO2.ClH/c20-17-7-6-15(10-18(17)21)19-16(13-23)12-22(8-9-24-19)11-14-4-2-1-3-5-14;/h1-7,10,16,19,23H,8-9,11-13H2;1H/t16-,19-;/m0./s1. The minimum Gasteiger partial charge on any atom is -0.396 e. The second kappa shape index (κ2) is 9.51. The molecule has 2 aromatic carbocycles. The molecule has 1 fully saturated rings.